The van der Waals surface area contributed by atoms with Crippen LogP contribution >= 0.6 is 27.5 Å². The van der Waals surface area contributed by atoms with Gasteiger partial charge in [-0.1, -0.05) is 39.7 Å². The maximum Gasteiger partial charge on any atom is 0.307 e. The summed E-state index contributed by atoms with van der Waals surface area (Å²) in [5.41, 5.74) is 4.25. The van der Waals surface area contributed by atoms with Crippen LogP contribution in [0.15, 0.2) is 80.7 Å². The van der Waals surface area contributed by atoms with Gasteiger partial charge in [0.05, 0.1) is 11.1 Å². The second-order valence-electron chi connectivity index (χ2n) is 6.89. The third kappa shape index (κ3) is 5.57. The van der Waals surface area contributed by atoms with Crippen LogP contribution in [-0.2, 0) is 6.61 Å². The van der Waals surface area contributed by atoms with E-state index in [4.69, 9.17) is 20.8 Å². The van der Waals surface area contributed by atoms with E-state index in [9.17, 15) is 14.9 Å². The molecule has 166 valence electrons. The summed E-state index contributed by atoms with van der Waals surface area (Å²) in [4.78, 5) is 22.8. The molecule has 8 nitrogen and oxygen atoms in total. The molecule has 1 amide bonds. The molecular weight excluding hydrogens is 514 g/mol. The number of carbonyl (C=O) groups is 1. The van der Waals surface area contributed by atoms with Crippen molar-refractivity contribution in [1.82, 2.24) is 5.43 Å². The zero-order valence-electron chi connectivity index (χ0n) is 16.8. The average Bonchev–Trinajstić information content (AvgIpc) is 3.23. The fourth-order valence-electron chi connectivity index (χ4n) is 2.97. The lowest BCUT2D eigenvalue weighted by Gasteiger charge is -2.10. The van der Waals surface area contributed by atoms with Gasteiger partial charge in [0.15, 0.2) is 5.76 Å². The monoisotopic (exact) mass is 527 g/mol. The number of nitrogens with zero attached hydrogens (tertiary/aromatic N) is 2. The predicted molar refractivity (Wildman–Crippen MR) is 128 cm³/mol. The number of carbonyl (C=O) groups excluding carboxylic acids is 1. The van der Waals surface area contributed by atoms with Crippen molar-refractivity contribution in [3.63, 3.8) is 0 Å². The van der Waals surface area contributed by atoms with Gasteiger partial charge in [-0.3, -0.25) is 14.9 Å². The lowest BCUT2D eigenvalue weighted by atomic mass is 10.2. The number of ether oxygens (including phenoxy) is 1. The molecule has 0 spiro atoms. The first-order chi connectivity index (χ1) is 15.9. The smallest absolute Gasteiger partial charge is 0.307 e. The molecular formula is C23H15BrClN3O5. The summed E-state index contributed by atoms with van der Waals surface area (Å²) < 4.78 is 12.2. The van der Waals surface area contributed by atoms with Gasteiger partial charge in [0.2, 0.25) is 0 Å². The SMILES string of the molecule is O=C(N/N=C/c1cc(Br)ccc1OCc1ccc(Cl)cc1)c1cc2cc([N+](=O)[O-])ccc2o1. The molecule has 1 aromatic heterocycles. The van der Waals surface area contributed by atoms with Crippen LogP contribution in [0.3, 0.4) is 0 Å². The molecule has 4 aromatic rings. The summed E-state index contributed by atoms with van der Waals surface area (Å²) >= 11 is 9.32. The fourth-order valence-corrected chi connectivity index (χ4v) is 3.47. The lowest BCUT2D eigenvalue weighted by molar-refractivity contribution is -0.384. The molecule has 0 saturated carbocycles. The molecule has 33 heavy (non-hydrogen) atoms. The maximum absolute atomic E-state index is 12.4. The Morgan fingerprint density at radius 1 is 1.15 bits per heavy atom. The molecule has 0 unspecified atom stereocenters. The minimum absolute atomic E-state index is 0.0175. The average molecular weight is 529 g/mol. The van der Waals surface area contributed by atoms with Gasteiger partial charge in [-0.15, -0.1) is 0 Å². The summed E-state index contributed by atoms with van der Waals surface area (Å²) in [6.45, 7) is 0.330. The van der Waals surface area contributed by atoms with E-state index in [2.05, 4.69) is 26.5 Å². The van der Waals surface area contributed by atoms with Crippen LogP contribution in [0.4, 0.5) is 5.69 Å². The number of benzene rings is 3. The minimum atomic E-state index is -0.594. The summed E-state index contributed by atoms with van der Waals surface area (Å²) in [5, 5.41) is 16.0. The Morgan fingerprint density at radius 3 is 2.70 bits per heavy atom. The Kier molecular flexibility index (Phi) is 6.71. The first-order valence-electron chi connectivity index (χ1n) is 9.57. The van der Waals surface area contributed by atoms with Crippen molar-refractivity contribution in [2.24, 2.45) is 5.10 Å². The standard InChI is InChI=1S/C23H15BrClN3O5/c24-17-3-7-20(32-13-14-1-4-18(25)5-2-14)16(9-17)12-26-27-23(29)22-11-15-10-19(28(30)31)6-8-21(15)33-22/h1-12H,13H2,(H,27,29)/b26-12+. The van der Waals surface area contributed by atoms with Crippen molar-refractivity contribution in [3.05, 3.63) is 103 Å². The van der Waals surface area contributed by atoms with Gasteiger partial charge in [0.25, 0.3) is 5.69 Å². The Balaban J connectivity index is 1.45. The van der Waals surface area contributed by atoms with Crippen LogP contribution in [0.1, 0.15) is 21.7 Å². The highest BCUT2D eigenvalue weighted by atomic mass is 79.9. The minimum Gasteiger partial charge on any atom is -0.488 e. The highest BCUT2D eigenvalue weighted by Gasteiger charge is 2.14. The number of amides is 1. The highest BCUT2D eigenvalue weighted by Crippen LogP contribution is 2.25. The highest BCUT2D eigenvalue weighted by molar-refractivity contribution is 9.10. The van der Waals surface area contributed by atoms with E-state index >= 15 is 0 Å². The molecule has 4 rings (SSSR count). The number of hydrogen-bond acceptors (Lipinski definition) is 6. The predicted octanol–water partition coefficient (Wildman–Crippen LogP) is 6.10. The molecule has 1 N–H and O–H groups in total. The van der Waals surface area contributed by atoms with Crippen molar-refractivity contribution in [3.8, 4) is 5.75 Å². The van der Waals surface area contributed by atoms with Crippen molar-refractivity contribution in [2.45, 2.75) is 6.61 Å². The Morgan fingerprint density at radius 2 is 1.94 bits per heavy atom. The van der Waals surface area contributed by atoms with Crippen molar-refractivity contribution < 1.29 is 18.9 Å². The third-order valence-corrected chi connectivity index (χ3v) is 5.33. The number of fused-ring (bicyclic) bond motifs is 1. The van der Waals surface area contributed by atoms with Crippen molar-refractivity contribution in [1.29, 1.82) is 0 Å². The number of nitro benzene ring substituents is 1. The summed E-state index contributed by atoms with van der Waals surface area (Å²) in [7, 11) is 0. The van der Waals surface area contributed by atoms with Crippen LogP contribution in [0.25, 0.3) is 11.0 Å². The molecule has 0 saturated heterocycles. The van der Waals surface area contributed by atoms with Crippen molar-refractivity contribution in [2.75, 3.05) is 0 Å². The largest absolute Gasteiger partial charge is 0.488 e. The number of nitrogens with one attached hydrogen (secondary N) is 1. The van der Waals surface area contributed by atoms with Gasteiger partial charge >= 0.3 is 5.91 Å². The molecule has 10 heteroatoms. The second kappa shape index (κ2) is 9.85. The summed E-state index contributed by atoms with van der Waals surface area (Å²) in [5.74, 6) is -0.0398. The number of nitro groups is 1. The number of hydrazone groups is 1. The first kappa shape index (κ1) is 22.5. The van der Waals surface area contributed by atoms with Crippen LogP contribution in [0.2, 0.25) is 5.02 Å². The molecule has 3 aromatic carbocycles. The Hall–Kier alpha value is -3.69. The molecule has 0 radical (unpaired) electrons. The van der Waals surface area contributed by atoms with E-state index in [0.29, 0.717) is 33.9 Å². The molecule has 0 aliphatic carbocycles. The Bertz CT molecular complexity index is 1370. The normalized spacial score (nSPS) is 11.1. The molecule has 1 heterocycles. The molecule has 0 bridgehead atoms. The zero-order valence-corrected chi connectivity index (χ0v) is 19.2. The summed E-state index contributed by atoms with van der Waals surface area (Å²) in [6, 6.07) is 18.3. The maximum atomic E-state index is 12.4. The first-order valence-corrected chi connectivity index (χ1v) is 10.7. The van der Waals surface area contributed by atoms with Crippen LogP contribution in [-0.4, -0.2) is 17.0 Å². The third-order valence-electron chi connectivity index (χ3n) is 4.58. The van der Waals surface area contributed by atoms with Gasteiger partial charge < -0.3 is 9.15 Å². The molecule has 0 aliphatic rings. The number of furan rings is 1. The molecule has 0 atom stereocenters. The molecule has 0 aliphatic heterocycles. The fraction of sp³-hybridized carbons (Fsp3) is 0.0435. The Labute approximate surface area is 201 Å². The van der Waals surface area contributed by atoms with Gasteiger partial charge in [0.1, 0.15) is 17.9 Å². The lowest BCUT2D eigenvalue weighted by Crippen LogP contribution is -2.16. The molecule has 0 fully saturated rings. The van der Waals surface area contributed by atoms with E-state index < -0.39 is 10.8 Å². The van der Waals surface area contributed by atoms with E-state index in [0.717, 1.165) is 10.0 Å². The van der Waals surface area contributed by atoms with Crippen LogP contribution in [0, 0.1) is 10.1 Å². The van der Waals surface area contributed by atoms with Gasteiger partial charge in [-0.2, -0.15) is 5.10 Å². The van der Waals surface area contributed by atoms with E-state index in [1.165, 1.54) is 30.5 Å². The number of halogens is 2. The second-order valence-corrected chi connectivity index (χ2v) is 8.24. The van der Waals surface area contributed by atoms with Crippen molar-refractivity contribution >= 4 is 56.3 Å². The van der Waals surface area contributed by atoms with Crippen LogP contribution in [0.5, 0.6) is 5.75 Å². The number of rotatable bonds is 7. The van der Waals surface area contributed by atoms with E-state index in [1.807, 2.05) is 18.2 Å². The van der Waals surface area contributed by atoms with Gasteiger partial charge in [-0.25, -0.2) is 5.43 Å². The number of hydrogen-bond donors (Lipinski definition) is 1. The van der Waals surface area contributed by atoms with E-state index in [1.54, 1.807) is 24.3 Å². The van der Waals surface area contributed by atoms with E-state index in [-0.39, 0.29) is 11.4 Å². The zero-order chi connectivity index (χ0) is 23.4. The van der Waals surface area contributed by atoms with Gasteiger partial charge in [0, 0.05) is 32.6 Å². The van der Waals surface area contributed by atoms with Gasteiger partial charge in [-0.05, 0) is 48.0 Å². The quantitative estimate of drug-likeness (QED) is 0.177. The van der Waals surface area contributed by atoms with Crippen LogP contribution < -0.4 is 10.2 Å². The summed E-state index contributed by atoms with van der Waals surface area (Å²) in [6.07, 6.45) is 1.45. The topological polar surface area (TPSA) is 107 Å². The number of non-ortho nitro benzene ring substituents is 1.